The smallest absolute Gasteiger partial charge is 0.462 e. The van der Waals surface area contributed by atoms with Gasteiger partial charge in [-0.05, 0) is 115 Å². The minimum atomic E-state index is -2.90. The third-order valence-corrected chi connectivity index (χ3v) is 9.98. The highest BCUT2D eigenvalue weighted by atomic mass is 28.4. The summed E-state index contributed by atoms with van der Waals surface area (Å²) >= 11 is 0. The lowest BCUT2D eigenvalue weighted by Crippen LogP contribution is -2.50. The van der Waals surface area contributed by atoms with Gasteiger partial charge in [-0.1, -0.05) is 36.4 Å². The number of hydrogen-bond donors (Lipinski definition) is 1. The number of esters is 1. The van der Waals surface area contributed by atoms with Gasteiger partial charge in [-0.2, -0.15) is 0 Å². The van der Waals surface area contributed by atoms with Crippen LogP contribution in [0.5, 0.6) is 0 Å². The first kappa shape index (κ1) is 31.8. The highest BCUT2D eigenvalue weighted by Gasteiger charge is 2.43. The van der Waals surface area contributed by atoms with Crippen LogP contribution in [-0.4, -0.2) is 45.7 Å². The van der Waals surface area contributed by atoms with Crippen molar-refractivity contribution in [3.63, 3.8) is 0 Å². The normalized spacial score (nSPS) is 15.6. The second-order valence-corrected chi connectivity index (χ2v) is 13.9. The molecule has 3 rings (SSSR count). The van der Waals surface area contributed by atoms with E-state index < -0.39 is 8.80 Å². The Bertz CT molecular complexity index is 1140. The van der Waals surface area contributed by atoms with Gasteiger partial charge in [0.2, 0.25) is 0 Å². The Labute approximate surface area is 242 Å². The molecule has 0 saturated carbocycles. The number of ether oxygens (including phenoxy) is 1. The van der Waals surface area contributed by atoms with Crippen molar-refractivity contribution in [3.8, 4) is 0 Å². The summed E-state index contributed by atoms with van der Waals surface area (Å²) in [5.74, 6) is -0.330. The van der Waals surface area contributed by atoms with Crippen LogP contribution in [0.15, 0.2) is 60.7 Å². The topological polar surface area (TPSA) is 66.0 Å². The molecule has 2 aromatic rings. The van der Waals surface area contributed by atoms with Crippen molar-refractivity contribution >= 4 is 26.0 Å². The molecule has 218 valence electrons. The summed E-state index contributed by atoms with van der Waals surface area (Å²) < 4.78 is 24.2. The van der Waals surface area contributed by atoms with E-state index in [1.54, 1.807) is 0 Å². The highest BCUT2D eigenvalue weighted by molar-refractivity contribution is 6.60. The third kappa shape index (κ3) is 9.73. The Morgan fingerprint density at radius 3 is 2.05 bits per heavy atom. The van der Waals surface area contributed by atoms with Gasteiger partial charge in [0.1, 0.15) is 0 Å². The Morgan fingerprint density at radius 1 is 0.900 bits per heavy atom. The number of nitrogens with one attached hydrogen (secondary N) is 1. The molecule has 1 N–H and O–H groups in total. The van der Waals surface area contributed by atoms with Gasteiger partial charge in [-0.15, -0.1) is 0 Å². The molecule has 7 heteroatoms. The van der Waals surface area contributed by atoms with Crippen LogP contribution in [-0.2, 0) is 18.0 Å². The van der Waals surface area contributed by atoms with Gasteiger partial charge in [0.05, 0.1) is 12.2 Å². The number of carbonyl (C=O) groups excluding carboxylic acids is 1. The largest absolute Gasteiger partial charge is 0.501 e. The van der Waals surface area contributed by atoms with Crippen LogP contribution in [0.4, 0.5) is 5.69 Å². The minimum Gasteiger partial charge on any atom is -0.462 e. The third-order valence-electron chi connectivity index (χ3n) is 6.52. The lowest BCUT2D eigenvalue weighted by Gasteiger charge is -2.34. The Morgan fingerprint density at radius 2 is 1.52 bits per heavy atom. The molecule has 0 bridgehead atoms. The van der Waals surface area contributed by atoms with Crippen LogP contribution in [0, 0.1) is 13.8 Å². The zero-order valence-electron chi connectivity index (χ0n) is 25.5. The maximum atomic E-state index is 12.7. The minimum absolute atomic E-state index is 0.0148. The van der Waals surface area contributed by atoms with Crippen LogP contribution >= 0.6 is 0 Å². The fourth-order valence-electron chi connectivity index (χ4n) is 4.66. The van der Waals surface area contributed by atoms with Gasteiger partial charge in [-0.3, -0.25) is 0 Å². The standard InChI is InChI=1S/C33H47NO5Si/c1-23(2)37-40(38-24(3)4,39-25(5)6)21-9-20-36-33(35)30-13-11-28(12-14-30)29-15-18-31(19-16-29)34-32-17-10-26(7)27(8)22-32/h10-18,22-25,31,34H,9,19-21H2,1-8H3. The van der Waals surface area contributed by atoms with E-state index in [1.165, 1.54) is 11.1 Å². The monoisotopic (exact) mass is 565 g/mol. The van der Waals surface area contributed by atoms with Crippen LogP contribution in [0.2, 0.25) is 6.04 Å². The number of aryl methyl sites for hydroxylation is 2. The molecule has 0 aliphatic heterocycles. The number of hydrogen-bond acceptors (Lipinski definition) is 6. The molecule has 6 nitrogen and oxygen atoms in total. The average Bonchev–Trinajstić information content (AvgIpc) is 2.88. The molecule has 1 aliphatic carbocycles. The van der Waals surface area contributed by atoms with E-state index in [-0.39, 0.29) is 36.9 Å². The number of allylic oxidation sites excluding steroid dienone is 2. The van der Waals surface area contributed by atoms with E-state index in [4.69, 9.17) is 18.0 Å². The zero-order valence-corrected chi connectivity index (χ0v) is 26.5. The maximum Gasteiger partial charge on any atom is 0.501 e. The lowest BCUT2D eigenvalue weighted by molar-refractivity contribution is 0.00113. The van der Waals surface area contributed by atoms with Crippen molar-refractivity contribution < 1.29 is 22.8 Å². The molecule has 0 saturated heterocycles. The first-order valence-corrected chi connectivity index (χ1v) is 16.4. The summed E-state index contributed by atoms with van der Waals surface area (Å²) in [6, 6.07) is 14.9. The molecule has 0 heterocycles. The van der Waals surface area contributed by atoms with E-state index in [0.29, 0.717) is 18.0 Å². The number of anilines is 1. The first-order chi connectivity index (χ1) is 19.0. The lowest BCUT2D eigenvalue weighted by atomic mass is 9.96. The molecule has 1 aliphatic rings. The molecular weight excluding hydrogens is 518 g/mol. The fraction of sp³-hybridized carbons (Fsp3) is 0.485. The van der Waals surface area contributed by atoms with Gasteiger partial charge >= 0.3 is 14.8 Å². The summed E-state index contributed by atoms with van der Waals surface area (Å²) in [6.07, 6.45) is 8.04. The SMILES string of the molecule is Cc1ccc(NC2C=CC(c3ccc(C(=O)OCCC[Si](OC(C)C)(OC(C)C)OC(C)C)cc3)=CC2)cc1C. The van der Waals surface area contributed by atoms with E-state index >= 15 is 0 Å². The molecule has 1 unspecified atom stereocenters. The molecule has 0 radical (unpaired) electrons. The van der Waals surface area contributed by atoms with Crippen molar-refractivity contribution in [3.05, 3.63) is 82.9 Å². The molecule has 0 aromatic heterocycles. The summed E-state index contributed by atoms with van der Waals surface area (Å²) in [7, 11) is -2.90. The molecule has 40 heavy (non-hydrogen) atoms. The van der Waals surface area contributed by atoms with Gasteiger partial charge in [-0.25, -0.2) is 4.79 Å². The van der Waals surface area contributed by atoms with Crippen LogP contribution < -0.4 is 5.32 Å². The van der Waals surface area contributed by atoms with E-state index in [0.717, 1.165) is 23.2 Å². The fourth-order valence-corrected chi connectivity index (χ4v) is 7.91. The van der Waals surface area contributed by atoms with E-state index in [9.17, 15) is 4.79 Å². The molecule has 2 aromatic carbocycles. The van der Waals surface area contributed by atoms with Crippen LogP contribution in [0.1, 0.15) is 81.4 Å². The van der Waals surface area contributed by atoms with E-state index in [2.05, 4.69) is 55.6 Å². The maximum absolute atomic E-state index is 12.7. The van der Waals surface area contributed by atoms with Crippen LogP contribution in [0.3, 0.4) is 0 Å². The van der Waals surface area contributed by atoms with Gasteiger partial charge < -0.3 is 23.3 Å². The van der Waals surface area contributed by atoms with Gasteiger partial charge in [0, 0.05) is 36.1 Å². The predicted molar refractivity (Wildman–Crippen MR) is 166 cm³/mol. The van der Waals surface area contributed by atoms with Crippen molar-refractivity contribution in [2.75, 3.05) is 11.9 Å². The molecular formula is C33H47NO5Si. The zero-order chi connectivity index (χ0) is 29.3. The summed E-state index contributed by atoms with van der Waals surface area (Å²) in [4.78, 5) is 12.7. The van der Waals surface area contributed by atoms with E-state index in [1.807, 2.05) is 65.8 Å². The number of rotatable bonds is 14. The van der Waals surface area contributed by atoms with Crippen molar-refractivity contribution in [1.29, 1.82) is 0 Å². The van der Waals surface area contributed by atoms with Gasteiger partial charge in [0.25, 0.3) is 0 Å². The molecule has 0 amide bonds. The van der Waals surface area contributed by atoms with Crippen LogP contribution in [0.25, 0.3) is 5.57 Å². The number of carbonyl (C=O) groups is 1. The Hall–Kier alpha value is -2.71. The summed E-state index contributed by atoms with van der Waals surface area (Å²) in [5, 5.41) is 3.59. The predicted octanol–water partition coefficient (Wildman–Crippen LogP) is 7.89. The van der Waals surface area contributed by atoms with Crippen molar-refractivity contribution in [2.24, 2.45) is 0 Å². The Balaban J connectivity index is 1.51. The average molecular weight is 566 g/mol. The molecule has 0 spiro atoms. The molecule has 1 atom stereocenters. The quantitative estimate of drug-likeness (QED) is 0.143. The molecule has 0 fully saturated rings. The Kier molecular flexibility index (Phi) is 11.8. The second kappa shape index (κ2) is 14.8. The first-order valence-electron chi connectivity index (χ1n) is 14.5. The number of benzene rings is 2. The van der Waals surface area contributed by atoms with Gasteiger partial charge in [0.15, 0.2) is 0 Å². The highest BCUT2D eigenvalue weighted by Crippen LogP contribution is 2.26. The second-order valence-electron chi connectivity index (χ2n) is 11.3. The van der Waals surface area contributed by atoms with Crippen molar-refractivity contribution in [1.82, 2.24) is 0 Å². The van der Waals surface area contributed by atoms with Crippen molar-refractivity contribution in [2.45, 2.75) is 98.6 Å². The summed E-state index contributed by atoms with van der Waals surface area (Å²) in [5.41, 5.74) is 6.49. The summed E-state index contributed by atoms with van der Waals surface area (Å²) in [6.45, 7) is 16.5.